The van der Waals surface area contributed by atoms with Crippen molar-refractivity contribution in [2.24, 2.45) is 0 Å². The SMILES string of the molecule is Cc1cc2c(cc1Sc1nc3c(N)ncnc3n1CCCCC(=O)NO)OCO2. The summed E-state index contributed by atoms with van der Waals surface area (Å²) in [4.78, 5) is 25.2. The number of carbonyl (C=O) groups excluding carboxylic acids is 1. The van der Waals surface area contributed by atoms with E-state index in [0.717, 1.165) is 21.4 Å². The van der Waals surface area contributed by atoms with Crippen LogP contribution in [0.1, 0.15) is 24.8 Å². The van der Waals surface area contributed by atoms with Crippen LogP contribution in [0.15, 0.2) is 28.5 Å². The number of aromatic nitrogens is 4. The molecular weight excluding hydrogens is 396 g/mol. The van der Waals surface area contributed by atoms with Crippen molar-refractivity contribution in [3.63, 3.8) is 0 Å². The lowest BCUT2D eigenvalue weighted by atomic mass is 10.2. The Hall–Kier alpha value is -3.05. The Bertz CT molecular complexity index is 1070. The number of nitrogens with two attached hydrogens (primary N) is 1. The molecule has 152 valence electrons. The van der Waals surface area contributed by atoms with Crippen LogP contribution in [0.25, 0.3) is 11.2 Å². The van der Waals surface area contributed by atoms with E-state index in [2.05, 4.69) is 15.0 Å². The van der Waals surface area contributed by atoms with Gasteiger partial charge in [0, 0.05) is 17.9 Å². The van der Waals surface area contributed by atoms with E-state index in [0.29, 0.717) is 42.1 Å². The average Bonchev–Trinajstić information content (AvgIpc) is 3.30. The van der Waals surface area contributed by atoms with Crippen molar-refractivity contribution in [2.45, 2.75) is 42.8 Å². The van der Waals surface area contributed by atoms with Crippen LogP contribution in [-0.2, 0) is 11.3 Å². The van der Waals surface area contributed by atoms with Gasteiger partial charge in [0.15, 0.2) is 33.6 Å². The average molecular weight is 416 g/mol. The smallest absolute Gasteiger partial charge is 0.243 e. The van der Waals surface area contributed by atoms with Gasteiger partial charge in [0.1, 0.15) is 6.33 Å². The Labute approximate surface area is 170 Å². The molecule has 29 heavy (non-hydrogen) atoms. The second-order valence-corrected chi connectivity index (χ2v) is 7.55. The molecule has 1 aromatic carbocycles. The largest absolute Gasteiger partial charge is 0.454 e. The minimum absolute atomic E-state index is 0.217. The van der Waals surface area contributed by atoms with E-state index in [4.69, 9.17) is 20.4 Å². The quantitative estimate of drug-likeness (QED) is 0.301. The summed E-state index contributed by atoms with van der Waals surface area (Å²) in [5.74, 6) is 1.35. The molecular formula is C18H20N6O4S. The van der Waals surface area contributed by atoms with Crippen LogP contribution in [0, 0.1) is 6.92 Å². The Balaban J connectivity index is 1.63. The zero-order chi connectivity index (χ0) is 20.4. The maximum atomic E-state index is 11.2. The van der Waals surface area contributed by atoms with Gasteiger partial charge in [0.2, 0.25) is 12.7 Å². The minimum Gasteiger partial charge on any atom is -0.454 e. The van der Waals surface area contributed by atoms with E-state index < -0.39 is 5.91 Å². The first-order valence-corrected chi connectivity index (χ1v) is 9.86. The summed E-state index contributed by atoms with van der Waals surface area (Å²) in [7, 11) is 0. The van der Waals surface area contributed by atoms with Crippen LogP contribution < -0.4 is 20.7 Å². The molecule has 10 nitrogen and oxygen atoms in total. The van der Waals surface area contributed by atoms with Crippen LogP contribution >= 0.6 is 11.8 Å². The lowest BCUT2D eigenvalue weighted by Gasteiger charge is -2.10. The lowest BCUT2D eigenvalue weighted by Crippen LogP contribution is -2.18. The molecule has 0 radical (unpaired) electrons. The number of ether oxygens (including phenoxy) is 2. The molecule has 1 amide bonds. The number of anilines is 1. The third kappa shape index (κ3) is 3.91. The first-order valence-electron chi connectivity index (χ1n) is 9.04. The standard InChI is InChI=1S/C18H20N6O4S/c1-10-6-11-12(28-9-27-11)7-13(10)29-18-22-15-16(19)20-8-21-17(15)24(18)5-3-2-4-14(25)23-26/h6-8,26H,2-5,9H2,1H3,(H,23,25)(H2,19,20,21). The van der Waals surface area contributed by atoms with Gasteiger partial charge in [-0.25, -0.2) is 20.4 Å². The molecule has 1 aliphatic rings. The van der Waals surface area contributed by atoms with Gasteiger partial charge < -0.3 is 19.8 Å². The number of rotatable bonds is 7. The minimum atomic E-state index is -0.405. The van der Waals surface area contributed by atoms with Crippen LogP contribution in [0.3, 0.4) is 0 Å². The van der Waals surface area contributed by atoms with Crippen molar-refractivity contribution in [3.8, 4) is 11.5 Å². The molecule has 2 aromatic heterocycles. The third-order valence-corrected chi connectivity index (χ3v) is 5.71. The highest BCUT2D eigenvalue weighted by Gasteiger charge is 2.20. The van der Waals surface area contributed by atoms with E-state index in [1.54, 1.807) is 5.48 Å². The second-order valence-electron chi connectivity index (χ2n) is 6.54. The number of amides is 1. The van der Waals surface area contributed by atoms with Gasteiger partial charge in [-0.15, -0.1) is 0 Å². The summed E-state index contributed by atoms with van der Waals surface area (Å²) >= 11 is 1.48. The topological polar surface area (TPSA) is 137 Å². The summed E-state index contributed by atoms with van der Waals surface area (Å²) in [6.45, 7) is 2.81. The Morgan fingerprint density at radius 1 is 1.31 bits per heavy atom. The molecule has 0 fully saturated rings. The highest BCUT2D eigenvalue weighted by Crippen LogP contribution is 2.40. The van der Waals surface area contributed by atoms with Crippen LogP contribution in [-0.4, -0.2) is 37.4 Å². The molecule has 1 aliphatic heterocycles. The number of carbonyl (C=O) groups is 1. The highest BCUT2D eigenvalue weighted by molar-refractivity contribution is 7.99. The van der Waals surface area contributed by atoms with Crippen LogP contribution in [0.2, 0.25) is 0 Å². The predicted octanol–water partition coefficient (Wildman–Crippen LogP) is 2.27. The van der Waals surface area contributed by atoms with E-state index in [9.17, 15) is 4.79 Å². The summed E-state index contributed by atoms with van der Waals surface area (Å²) < 4.78 is 12.9. The molecule has 4 N–H and O–H groups in total. The fourth-order valence-corrected chi connectivity index (χ4v) is 4.07. The van der Waals surface area contributed by atoms with E-state index in [-0.39, 0.29) is 13.2 Å². The van der Waals surface area contributed by atoms with Crippen molar-refractivity contribution in [1.82, 2.24) is 25.0 Å². The zero-order valence-electron chi connectivity index (χ0n) is 15.7. The first-order chi connectivity index (χ1) is 14.1. The molecule has 4 rings (SSSR count). The maximum Gasteiger partial charge on any atom is 0.243 e. The molecule has 0 bridgehead atoms. The summed E-state index contributed by atoms with van der Waals surface area (Å²) in [6.07, 6.45) is 2.97. The van der Waals surface area contributed by atoms with Crippen molar-refractivity contribution < 1.29 is 19.5 Å². The van der Waals surface area contributed by atoms with Crippen molar-refractivity contribution in [2.75, 3.05) is 12.5 Å². The molecule has 3 heterocycles. The Kier molecular flexibility index (Phi) is 5.41. The van der Waals surface area contributed by atoms with Crippen LogP contribution in [0.5, 0.6) is 11.5 Å². The van der Waals surface area contributed by atoms with E-state index in [1.807, 2.05) is 23.6 Å². The van der Waals surface area contributed by atoms with Gasteiger partial charge >= 0.3 is 0 Å². The van der Waals surface area contributed by atoms with Gasteiger partial charge in [-0.05, 0) is 37.5 Å². The molecule has 0 aliphatic carbocycles. The Morgan fingerprint density at radius 2 is 2.10 bits per heavy atom. The third-order valence-electron chi connectivity index (χ3n) is 4.56. The number of nitrogens with one attached hydrogen (secondary N) is 1. The van der Waals surface area contributed by atoms with Crippen molar-refractivity contribution >= 4 is 34.7 Å². The van der Waals surface area contributed by atoms with Gasteiger partial charge in [-0.2, -0.15) is 0 Å². The summed E-state index contributed by atoms with van der Waals surface area (Å²) in [5.41, 5.74) is 9.86. The molecule has 3 aromatic rings. The number of nitrogens with zero attached hydrogens (tertiary/aromatic N) is 4. The maximum absolute atomic E-state index is 11.2. The number of hydrogen-bond acceptors (Lipinski definition) is 9. The molecule has 0 saturated carbocycles. The summed E-state index contributed by atoms with van der Waals surface area (Å²) in [5, 5.41) is 9.35. The second kappa shape index (κ2) is 8.13. The number of nitrogen functional groups attached to an aromatic ring is 1. The number of hydrogen-bond donors (Lipinski definition) is 3. The fraction of sp³-hybridized carbons (Fsp3) is 0.333. The predicted molar refractivity (Wildman–Crippen MR) is 105 cm³/mol. The van der Waals surface area contributed by atoms with Crippen molar-refractivity contribution in [3.05, 3.63) is 24.0 Å². The monoisotopic (exact) mass is 416 g/mol. The molecule has 0 saturated heterocycles. The summed E-state index contributed by atoms with van der Waals surface area (Å²) in [6, 6.07) is 3.88. The van der Waals surface area contributed by atoms with Crippen molar-refractivity contribution in [1.29, 1.82) is 0 Å². The number of fused-ring (bicyclic) bond motifs is 2. The molecule has 0 spiro atoms. The highest BCUT2D eigenvalue weighted by atomic mass is 32.2. The lowest BCUT2D eigenvalue weighted by molar-refractivity contribution is -0.129. The van der Waals surface area contributed by atoms with Gasteiger partial charge in [0.25, 0.3) is 0 Å². The number of hydroxylamine groups is 1. The number of unbranched alkanes of at least 4 members (excludes halogenated alkanes) is 1. The Morgan fingerprint density at radius 3 is 2.90 bits per heavy atom. The first kappa shape index (κ1) is 19.3. The van der Waals surface area contributed by atoms with Crippen LogP contribution in [0.4, 0.5) is 5.82 Å². The fourth-order valence-electron chi connectivity index (χ4n) is 3.06. The number of imidazole rings is 1. The molecule has 0 unspecified atom stereocenters. The molecule has 0 atom stereocenters. The normalized spacial score (nSPS) is 12.5. The van der Waals surface area contributed by atoms with Gasteiger partial charge in [0.05, 0.1) is 0 Å². The van der Waals surface area contributed by atoms with E-state index >= 15 is 0 Å². The van der Waals surface area contributed by atoms with Gasteiger partial charge in [-0.3, -0.25) is 10.0 Å². The zero-order valence-corrected chi connectivity index (χ0v) is 16.5. The van der Waals surface area contributed by atoms with E-state index in [1.165, 1.54) is 18.1 Å². The molecule has 11 heteroatoms. The van der Waals surface area contributed by atoms with Gasteiger partial charge in [-0.1, -0.05) is 11.8 Å². The number of benzene rings is 1. The number of aryl methyl sites for hydroxylation is 2.